The van der Waals surface area contributed by atoms with E-state index >= 15 is 0 Å². The van der Waals surface area contributed by atoms with E-state index in [0.717, 1.165) is 5.56 Å². The zero-order chi connectivity index (χ0) is 17.1. The van der Waals surface area contributed by atoms with Crippen molar-refractivity contribution in [2.75, 3.05) is 26.8 Å². The van der Waals surface area contributed by atoms with Crippen LogP contribution in [0.3, 0.4) is 0 Å². The first-order valence-corrected chi connectivity index (χ1v) is 8.29. The fourth-order valence-corrected chi connectivity index (χ4v) is 2.89. The lowest BCUT2D eigenvalue weighted by Crippen LogP contribution is -2.28. The number of carbonyl (C=O) groups is 1. The highest BCUT2D eigenvalue weighted by Gasteiger charge is 2.34. The van der Waals surface area contributed by atoms with Gasteiger partial charge in [0, 0.05) is 32.2 Å². The highest BCUT2D eigenvalue weighted by atomic mass is 16.5. The van der Waals surface area contributed by atoms with Crippen molar-refractivity contribution >= 4 is 5.91 Å². The fourth-order valence-electron chi connectivity index (χ4n) is 2.89. The number of ether oxygens (including phenoxy) is 1. The summed E-state index contributed by atoms with van der Waals surface area (Å²) in [6.45, 7) is 6.07. The van der Waals surface area contributed by atoms with Crippen molar-refractivity contribution in [3.63, 3.8) is 0 Å². The van der Waals surface area contributed by atoms with E-state index in [0.29, 0.717) is 43.8 Å². The van der Waals surface area contributed by atoms with Crippen molar-refractivity contribution in [1.29, 1.82) is 0 Å². The van der Waals surface area contributed by atoms with Gasteiger partial charge in [0.25, 0.3) is 0 Å². The summed E-state index contributed by atoms with van der Waals surface area (Å²) in [5, 5.41) is 4.08. The Balaban J connectivity index is 1.70. The molecule has 0 radical (unpaired) electrons. The predicted molar refractivity (Wildman–Crippen MR) is 89.6 cm³/mol. The van der Waals surface area contributed by atoms with Crippen LogP contribution in [0.4, 0.5) is 0 Å². The van der Waals surface area contributed by atoms with Gasteiger partial charge in [0.1, 0.15) is 0 Å². The van der Waals surface area contributed by atoms with Crippen molar-refractivity contribution in [2.45, 2.75) is 32.1 Å². The van der Waals surface area contributed by atoms with Crippen LogP contribution in [-0.2, 0) is 9.53 Å². The average molecular weight is 329 g/mol. The van der Waals surface area contributed by atoms with Gasteiger partial charge in [-0.1, -0.05) is 43.3 Å². The van der Waals surface area contributed by atoms with E-state index in [4.69, 9.17) is 9.26 Å². The van der Waals surface area contributed by atoms with E-state index in [2.05, 4.69) is 36.1 Å². The summed E-state index contributed by atoms with van der Waals surface area (Å²) in [4.78, 5) is 18.3. The highest BCUT2D eigenvalue weighted by molar-refractivity contribution is 5.79. The molecule has 1 atom stereocenters. The molecule has 3 rings (SSSR count). The Morgan fingerprint density at radius 1 is 1.33 bits per heavy atom. The molecule has 0 spiro atoms. The van der Waals surface area contributed by atoms with Crippen LogP contribution in [0.2, 0.25) is 0 Å². The molecule has 1 aromatic heterocycles. The number of hydrogen-bond acceptors (Lipinski definition) is 5. The molecule has 0 aliphatic carbocycles. The molecular formula is C18H23N3O3. The number of likely N-dealkylation sites (tertiary alicyclic amines) is 1. The third kappa shape index (κ3) is 3.48. The van der Waals surface area contributed by atoms with Gasteiger partial charge in [-0.2, -0.15) is 4.98 Å². The maximum atomic E-state index is 12.0. The minimum absolute atomic E-state index is 0.0365. The summed E-state index contributed by atoms with van der Waals surface area (Å²) in [6.07, 6.45) is 0.414. The predicted octanol–water partition coefficient (Wildman–Crippen LogP) is 2.82. The molecule has 0 N–H and O–H groups in total. The fraction of sp³-hybridized carbons (Fsp3) is 0.500. The second-order valence-electron chi connectivity index (χ2n) is 6.47. The number of methoxy groups -OCH3 is 1. The molecule has 0 saturated carbocycles. The van der Waals surface area contributed by atoms with Crippen molar-refractivity contribution in [3.05, 3.63) is 35.7 Å². The van der Waals surface area contributed by atoms with Crippen LogP contribution >= 0.6 is 0 Å². The van der Waals surface area contributed by atoms with Crippen LogP contribution in [0.5, 0.6) is 0 Å². The topological polar surface area (TPSA) is 68.5 Å². The molecule has 1 amide bonds. The van der Waals surface area contributed by atoms with Gasteiger partial charge in [-0.25, -0.2) is 0 Å². The lowest BCUT2D eigenvalue weighted by Gasteiger charge is -2.14. The van der Waals surface area contributed by atoms with Crippen LogP contribution in [-0.4, -0.2) is 47.8 Å². The molecule has 2 heterocycles. The summed E-state index contributed by atoms with van der Waals surface area (Å²) < 4.78 is 10.4. The Morgan fingerprint density at radius 2 is 2.08 bits per heavy atom. The van der Waals surface area contributed by atoms with Crippen LogP contribution < -0.4 is 0 Å². The van der Waals surface area contributed by atoms with Gasteiger partial charge in [0.05, 0.1) is 12.5 Å². The van der Waals surface area contributed by atoms with Gasteiger partial charge in [-0.15, -0.1) is 0 Å². The maximum absolute atomic E-state index is 12.0. The minimum atomic E-state index is -0.0365. The van der Waals surface area contributed by atoms with Crippen molar-refractivity contribution < 1.29 is 14.1 Å². The third-order valence-corrected chi connectivity index (χ3v) is 4.41. The normalized spacial score (nSPS) is 17.9. The molecule has 1 unspecified atom stereocenters. The van der Waals surface area contributed by atoms with Gasteiger partial charge in [-0.3, -0.25) is 4.79 Å². The van der Waals surface area contributed by atoms with E-state index in [1.165, 1.54) is 5.56 Å². The minimum Gasteiger partial charge on any atom is -0.383 e. The zero-order valence-corrected chi connectivity index (χ0v) is 14.4. The molecule has 128 valence electrons. The number of amides is 1. The number of carbonyl (C=O) groups excluding carboxylic acids is 1. The largest absolute Gasteiger partial charge is 0.383 e. The Morgan fingerprint density at radius 3 is 2.75 bits per heavy atom. The smallest absolute Gasteiger partial charge is 0.232 e. The molecule has 6 heteroatoms. The molecule has 1 aliphatic rings. The summed E-state index contributed by atoms with van der Waals surface area (Å²) in [7, 11) is 1.63. The first-order valence-electron chi connectivity index (χ1n) is 8.29. The van der Waals surface area contributed by atoms with E-state index in [1.54, 1.807) is 12.0 Å². The monoisotopic (exact) mass is 329 g/mol. The molecule has 1 saturated heterocycles. The van der Waals surface area contributed by atoms with Crippen LogP contribution in [0, 0.1) is 0 Å². The van der Waals surface area contributed by atoms with Crippen molar-refractivity contribution in [3.8, 4) is 11.4 Å². The number of hydrogen-bond donors (Lipinski definition) is 0. The van der Waals surface area contributed by atoms with Gasteiger partial charge < -0.3 is 14.2 Å². The Hall–Kier alpha value is -2.21. The summed E-state index contributed by atoms with van der Waals surface area (Å²) >= 11 is 0. The van der Waals surface area contributed by atoms with Crippen LogP contribution in [0.15, 0.2) is 28.8 Å². The molecule has 2 aromatic rings. The summed E-state index contributed by atoms with van der Waals surface area (Å²) in [5.41, 5.74) is 2.20. The molecule has 1 fully saturated rings. The molecular weight excluding hydrogens is 306 g/mol. The zero-order valence-electron chi connectivity index (χ0n) is 14.4. The number of nitrogens with zero attached hydrogens (tertiary/aromatic N) is 3. The van der Waals surface area contributed by atoms with Crippen LogP contribution in [0.1, 0.15) is 43.6 Å². The molecule has 6 nitrogen and oxygen atoms in total. The van der Waals surface area contributed by atoms with E-state index in [-0.39, 0.29) is 11.8 Å². The molecule has 0 bridgehead atoms. The number of benzene rings is 1. The summed E-state index contributed by atoms with van der Waals surface area (Å²) in [5.74, 6) is 1.67. The molecule has 24 heavy (non-hydrogen) atoms. The number of aromatic nitrogens is 2. The second kappa shape index (κ2) is 7.13. The van der Waals surface area contributed by atoms with Crippen molar-refractivity contribution in [2.24, 2.45) is 0 Å². The van der Waals surface area contributed by atoms with E-state index in [9.17, 15) is 4.79 Å². The quantitative estimate of drug-likeness (QED) is 0.815. The first-order chi connectivity index (χ1) is 11.6. The lowest BCUT2D eigenvalue weighted by atomic mass is 10.0. The average Bonchev–Trinajstić information content (AvgIpc) is 3.20. The highest BCUT2D eigenvalue weighted by Crippen LogP contribution is 2.28. The maximum Gasteiger partial charge on any atom is 0.232 e. The number of rotatable bonds is 6. The first kappa shape index (κ1) is 16.6. The van der Waals surface area contributed by atoms with Crippen molar-refractivity contribution in [1.82, 2.24) is 15.0 Å². The SMILES string of the molecule is COCCN1CC(c2nc(-c3ccc(C(C)C)cc3)no2)CC1=O. The van der Waals surface area contributed by atoms with Gasteiger partial charge in [-0.05, 0) is 11.5 Å². The standard InChI is InChI=1S/C18H23N3O3/c1-12(2)13-4-6-14(7-5-13)17-19-18(24-20-17)15-10-16(22)21(11-15)8-9-23-3/h4-7,12,15H,8-11H2,1-3H3. The second-order valence-corrected chi connectivity index (χ2v) is 6.47. The molecule has 1 aliphatic heterocycles. The van der Waals surface area contributed by atoms with E-state index in [1.807, 2.05) is 12.1 Å². The Labute approximate surface area is 141 Å². The van der Waals surface area contributed by atoms with Gasteiger partial charge >= 0.3 is 0 Å². The van der Waals surface area contributed by atoms with E-state index < -0.39 is 0 Å². The Bertz CT molecular complexity index is 694. The van der Waals surface area contributed by atoms with Crippen LogP contribution in [0.25, 0.3) is 11.4 Å². The van der Waals surface area contributed by atoms with Gasteiger partial charge in [0.2, 0.25) is 17.6 Å². The third-order valence-electron chi connectivity index (χ3n) is 4.41. The van der Waals surface area contributed by atoms with Gasteiger partial charge in [0.15, 0.2) is 0 Å². The Kier molecular flexibility index (Phi) is 4.94. The lowest BCUT2D eigenvalue weighted by molar-refractivity contribution is -0.128. The molecule has 1 aromatic carbocycles. The summed E-state index contributed by atoms with van der Waals surface area (Å²) in [6, 6.07) is 8.19.